The largest absolute Gasteiger partial charge is 0.343 e. The van der Waals surface area contributed by atoms with Crippen LogP contribution >= 0.6 is 0 Å². The second kappa shape index (κ2) is 6.05. The lowest BCUT2D eigenvalue weighted by atomic mass is 9.63. The monoisotopic (exact) mass is 359 g/mol. The van der Waals surface area contributed by atoms with Crippen LogP contribution in [0, 0.1) is 23.7 Å². The van der Waals surface area contributed by atoms with Crippen molar-refractivity contribution in [3.05, 3.63) is 60.8 Å². The van der Waals surface area contributed by atoms with E-state index in [4.69, 9.17) is 0 Å². The molecule has 27 heavy (non-hydrogen) atoms. The normalized spacial score (nSPS) is 29.3. The molecular weight excluding hydrogens is 338 g/mol. The van der Waals surface area contributed by atoms with Gasteiger partial charge >= 0.3 is 0 Å². The zero-order chi connectivity index (χ0) is 18.5. The maximum atomic E-state index is 12.9. The number of carbonyl (C=O) groups is 2. The quantitative estimate of drug-likeness (QED) is 0.477. The number of rotatable bonds is 4. The number of imide groups is 1. The van der Waals surface area contributed by atoms with Crippen LogP contribution in [-0.2, 0) is 16.1 Å². The highest BCUT2D eigenvalue weighted by atomic mass is 16.2. The summed E-state index contributed by atoms with van der Waals surface area (Å²) < 4.78 is 2.08. The SMILES string of the molecule is C=CCn1cc(/C=N\N2C(=O)[C@H]3[C@H](C2=O)[C@H]2C=C[C@H]3CC2)c2ccccc21. The number of hydrazone groups is 1. The van der Waals surface area contributed by atoms with Crippen molar-refractivity contribution in [3.8, 4) is 0 Å². The van der Waals surface area contributed by atoms with E-state index in [1.165, 1.54) is 0 Å². The average molecular weight is 359 g/mol. The molecule has 1 aliphatic heterocycles. The average Bonchev–Trinajstić information content (AvgIpc) is 3.19. The first kappa shape index (κ1) is 16.2. The summed E-state index contributed by atoms with van der Waals surface area (Å²) in [6.45, 7) is 4.49. The Labute approximate surface area is 157 Å². The molecule has 2 aromatic rings. The smallest absolute Gasteiger partial charge is 0.254 e. The molecule has 2 heterocycles. The Kier molecular flexibility index (Phi) is 3.64. The zero-order valence-corrected chi connectivity index (χ0v) is 15.0. The minimum atomic E-state index is -0.222. The van der Waals surface area contributed by atoms with E-state index in [-0.39, 0.29) is 35.5 Å². The molecule has 4 atom stereocenters. The Morgan fingerprint density at radius 3 is 2.37 bits per heavy atom. The maximum Gasteiger partial charge on any atom is 0.254 e. The summed E-state index contributed by atoms with van der Waals surface area (Å²) in [6.07, 6.45) is 11.7. The fourth-order valence-corrected chi connectivity index (χ4v) is 4.96. The molecule has 136 valence electrons. The van der Waals surface area contributed by atoms with Crippen LogP contribution in [0.25, 0.3) is 10.9 Å². The van der Waals surface area contributed by atoms with Crippen molar-refractivity contribution in [2.75, 3.05) is 0 Å². The first-order valence-electron chi connectivity index (χ1n) is 9.48. The fourth-order valence-electron chi connectivity index (χ4n) is 4.96. The molecule has 5 heteroatoms. The van der Waals surface area contributed by atoms with E-state index in [0.29, 0.717) is 6.54 Å². The van der Waals surface area contributed by atoms with Gasteiger partial charge in [0.25, 0.3) is 11.8 Å². The van der Waals surface area contributed by atoms with Gasteiger partial charge in [-0.3, -0.25) is 9.59 Å². The third kappa shape index (κ3) is 2.34. The van der Waals surface area contributed by atoms with Crippen LogP contribution in [0.3, 0.4) is 0 Å². The van der Waals surface area contributed by atoms with Gasteiger partial charge in [-0.05, 0) is 30.7 Å². The van der Waals surface area contributed by atoms with Gasteiger partial charge in [-0.2, -0.15) is 10.1 Å². The van der Waals surface area contributed by atoms with Crippen LogP contribution in [0.5, 0.6) is 0 Å². The molecule has 1 saturated carbocycles. The lowest BCUT2D eigenvalue weighted by molar-refractivity contribution is -0.140. The number of aromatic nitrogens is 1. The van der Waals surface area contributed by atoms with Crippen LogP contribution in [0.2, 0.25) is 0 Å². The van der Waals surface area contributed by atoms with E-state index in [2.05, 4.69) is 28.4 Å². The van der Waals surface area contributed by atoms with Crippen LogP contribution in [0.15, 0.2) is 60.4 Å². The molecule has 0 spiro atoms. The molecule has 2 fully saturated rings. The van der Waals surface area contributed by atoms with Crippen molar-refractivity contribution in [2.24, 2.45) is 28.8 Å². The Hall–Kier alpha value is -2.95. The van der Waals surface area contributed by atoms with Crippen molar-refractivity contribution in [1.82, 2.24) is 9.58 Å². The Morgan fingerprint density at radius 2 is 1.74 bits per heavy atom. The van der Waals surface area contributed by atoms with Crippen molar-refractivity contribution in [3.63, 3.8) is 0 Å². The molecular formula is C22H21N3O2. The third-order valence-electron chi connectivity index (χ3n) is 6.19. The molecule has 4 aliphatic rings. The summed E-state index contributed by atoms with van der Waals surface area (Å²) in [7, 11) is 0. The van der Waals surface area contributed by atoms with E-state index >= 15 is 0 Å². The van der Waals surface area contributed by atoms with Gasteiger partial charge in [-0.25, -0.2) is 0 Å². The maximum absolute atomic E-state index is 12.9. The molecule has 0 unspecified atom stereocenters. The predicted molar refractivity (Wildman–Crippen MR) is 104 cm³/mol. The lowest BCUT2D eigenvalue weighted by Crippen LogP contribution is -2.38. The molecule has 2 amide bonds. The summed E-state index contributed by atoms with van der Waals surface area (Å²) in [5, 5.41) is 6.50. The number of benzene rings is 1. The molecule has 0 N–H and O–H groups in total. The molecule has 1 aromatic carbocycles. The van der Waals surface area contributed by atoms with Crippen LogP contribution in [0.4, 0.5) is 0 Å². The number of para-hydroxylation sites is 1. The highest BCUT2D eigenvalue weighted by molar-refractivity contribution is 6.07. The van der Waals surface area contributed by atoms with Crippen molar-refractivity contribution >= 4 is 28.9 Å². The van der Waals surface area contributed by atoms with Gasteiger partial charge < -0.3 is 4.57 Å². The second-order valence-electron chi connectivity index (χ2n) is 7.62. The number of amides is 2. The third-order valence-corrected chi connectivity index (χ3v) is 6.19. The number of allylic oxidation sites excluding steroid dienone is 3. The number of hydrogen-bond donors (Lipinski definition) is 0. The van der Waals surface area contributed by atoms with Gasteiger partial charge in [0, 0.05) is 29.2 Å². The van der Waals surface area contributed by atoms with Crippen molar-refractivity contribution in [1.29, 1.82) is 0 Å². The first-order chi connectivity index (χ1) is 13.2. The van der Waals surface area contributed by atoms with Crippen LogP contribution < -0.4 is 0 Å². The highest BCUT2D eigenvalue weighted by Gasteiger charge is 2.56. The highest BCUT2D eigenvalue weighted by Crippen LogP contribution is 2.49. The number of carbonyl (C=O) groups excluding carboxylic acids is 2. The number of nitrogens with zero attached hydrogens (tertiary/aromatic N) is 3. The summed E-state index contributed by atoms with van der Waals surface area (Å²) in [5.41, 5.74) is 1.97. The van der Waals surface area contributed by atoms with Gasteiger partial charge in [-0.1, -0.05) is 36.4 Å². The van der Waals surface area contributed by atoms with Crippen LogP contribution in [-0.4, -0.2) is 27.6 Å². The minimum Gasteiger partial charge on any atom is -0.343 e. The fraction of sp³-hybridized carbons (Fsp3) is 0.318. The molecule has 2 bridgehead atoms. The van der Waals surface area contributed by atoms with E-state index in [1.807, 2.05) is 36.5 Å². The molecule has 0 radical (unpaired) electrons. The Bertz CT molecular complexity index is 984. The molecule has 6 rings (SSSR count). The van der Waals surface area contributed by atoms with Crippen molar-refractivity contribution < 1.29 is 9.59 Å². The topological polar surface area (TPSA) is 54.7 Å². The van der Waals surface area contributed by atoms with E-state index < -0.39 is 0 Å². The minimum absolute atomic E-state index is 0.143. The van der Waals surface area contributed by atoms with Gasteiger partial charge in [0.1, 0.15) is 0 Å². The molecule has 1 aromatic heterocycles. The molecule has 5 nitrogen and oxygen atoms in total. The van der Waals surface area contributed by atoms with Gasteiger partial charge in [-0.15, -0.1) is 6.58 Å². The molecule has 3 aliphatic carbocycles. The van der Waals surface area contributed by atoms with Gasteiger partial charge in [0.05, 0.1) is 18.1 Å². The summed E-state index contributed by atoms with van der Waals surface area (Å²) in [6, 6.07) is 8.03. The van der Waals surface area contributed by atoms with Gasteiger partial charge in [0.2, 0.25) is 0 Å². The first-order valence-corrected chi connectivity index (χ1v) is 9.48. The summed E-state index contributed by atoms with van der Waals surface area (Å²) in [4.78, 5) is 25.7. The standard InChI is InChI=1S/C22H21N3O2/c1-2-11-24-13-16(17-5-3-4-6-18(17)24)12-23-25-21(26)19-14-7-8-15(10-9-14)20(19)22(25)27/h2-8,12-15,19-20H,1,9-11H2/b23-12-/t14-,15-,19+,20+/m0/s1. The van der Waals surface area contributed by atoms with E-state index in [9.17, 15) is 9.59 Å². The van der Waals surface area contributed by atoms with Gasteiger partial charge in [0.15, 0.2) is 0 Å². The zero-order valence-electron chi connectivity index (χ0n) is 15.0. The van der Waals surface area contributed by atoms with E-state index in [1.54, 1.807) is 6.21 Å². The predicted octanol–water partition coefficient (Wildman–Crippen LogP) is 3.36. The summed E-state index contributed by atoms with van der Waals surface area (Å²) in [5.74, 6) is -0.358. The Balaban J connectivity index is 1.48. The lowest BCUT2D eigenvalue weighted by Gasteiger charge is -2.37. The number of fused-ring (bicyclic) bond motifs is 2. The summed E-state index contributed by atoms with van der Waals surface area (Å²) >= 11 is 0. The van der Waals surface area contributed by atoms with Crippen molar-refractivity contribution in [2.45, 2.75) is 19.4 Å². The Morgan fingerprint density at radius 1 is 1.07 bits per heavy atom. The van der Waals surface area contributed by atoms with E-state index in [0.717, 1.165) is 34.3 Å². The molecule has 1 saturated heterocycles. The van der Waals surface area contributed by atoms with Crippen LogP contribution in [0.1, 0.15) is 18.4 Å². The second-order valence-corrected chi connectivity index (χ2v) is 7.62. The number of hydrogen-bond acceptors (Lipinski definition) is 3.